The minimum atomic E-state index is -0.143. The molecule has 6 heteroatoms. The van der Waals surface area contributed by atoms with Gasteiger partial charge < -0.3 is 4.90 Å². The quantitative estimate of drug-likeness (QED) is 0.783. The molecule has 1 aromatic carbocycles. The third-order valence-electron chi connectivity index (χ3n) is 2.55. The second-order valence-corrected chi connectivity index (χ2v) is 5.35. The van der Waals surface area contributed by atoms with Crippen LogP contribution in [0.3, 0.4) is 0 Å². The number of nitrogens with zero attached hydrogens (tertiary/aromatic N) is 2. The van der Waals surface area contributed by atoms with E-state index in [4.69, 9.17) is 23.2 Å². The first-order valence-corrected chi connectivity index (χ1v) is 6.43. The largest absolute Gasteiger partial charge is 0.348 e. The number of rotatable bonds is 5. The summed E-state index contributed by atoms with van der Waals surface area (Å²) in [6.45, 7) is 0.310. The smallest absolute Gasteiger partial charge is 0.236 e. The molecule has 0 aliphatic rings. The Kier molecular flexibility index (Phi) is 5.79. The second-order valence-electron chi connectivity index (χ2n) is 4.51. The van der Waals surface area contributed by atoms with Gasteiger partial charge in [-0.1, -0.05) is 23.2 Å². The summed E-state index contributed by atoms with van der Waals surface area (Å²) in [4.78, 5) is 26.7. The fourth-order valence-corrected chi connectivity index (χ4v) is 1.99. The standard InChI is InChI=1S/C13H16Cl2N2O2/c1-16(2)13(19)8-17(3)7-12(18)10-5-4-9(14)6-11(10)15/h4-6H,7-8H2,1-3H3. The normalized spacial score (nSPS) is 10.6. The van der Waals surface area contributed by atoms with Crippen molar-refractivity contribution in [2.75, 3.05) is 34.2 Å². The van der Waals surface area contributed by atoms with Crippen molar-refractivity contribution in [2.24, 2.45) is 0 Å². The number of ketones is 1. The molecule has 0 N–H and O–H groups in total. The van der Waals surface area contributed by atoms with Gasteiger partial charge in [-0.05, 0) is 25.2 Å². The van der Waals surface area contributed by atoms with Crippen molar-refractivity contribution >= 4 is 34.9 Å². The summed E-state index contributed by atoms with van der Waals surface area (Å²) >= 11 is 11.7. The van der Waals surface area contributed by atoms with Crippen molar-refractivity contribution in [3.63, 3.8) is 0 Å². The van der Waals surface area contributed by atoms with Crippen molar-refractivity contribution in [1.82, 2.24) is 9.80 Å². The molecule has 0 bridgehead atoms. The maximum absolute atomic E-state index is 12.0. The molecule has 0 fully saturated rings. The lowest BCUT2D eigenvalue weighted by atomic mass is 10.1. The molecule has 19 heavy (non-hydrogen) atoms. The van der Waals surface area contributed by atoms with E-state index in [-0.39, 0.29) is 24.8 Å². The summed E-state index contributed by atoms with van der Waals surface area (Å²) < 4.78 is 0. The fourth-order valence-electron chi connectivity index (χ4n) is 1.47. The first-order valence-electron chi connectivity index (χ1n) is 5.68. The van der Waals surface area contributed by atoms with Crippen LogP contribution in [0.15, 0.2) is 18.2 Å². The number of likely N-dealkylation sites (N-methyl/N-ethyl adjacent to an activating group) is 2. The summed E-state index contributed by atoms with van der Waals surface area (Å²) in [6, 6.07) is 4.74. The molecule has 0 heterocycles. The van der Waals surface area contributed by atoms with Crippen LogP contribution in [0.5, 0.6) is 0 Å². The Morgan fingerprint density at radius 2 is 1.74 bits per heavy atom. The van der Waals surface area contributed by atoms with Gasteiger partial charge in [0.15, 0.2) is 5.78 Å². The van der Waals surface area contributed by atoms with Crippen LogP contribution >= 0.6 is 23.2 Å². The van der Waals surface area contributed by atoms with Crippen molar-refractivity contribution in [3.05, 3.63) is 33.8 Å². The van der Waals surface area contributed by atoms with Gasteiger partial charge in [0, 0.05) is 24.7 Å². The number of amides is 1. The summed E-state index contributed by atoms with van der Waals surface area (Å²) in [5, 5.41) is 0.808. The Morgan fingerprint density at radius 1 is 1.11 bits per heavy atom. The van der Waals surface area contributed by atoms with E-state index < -0.39 is 0 Å². The van der Waals surface area contributed by atoms with Gasteiger partial charge >= 0.3 is 0 Å². The van der Waals surface area contributed by atoms with Crippen LogP contribution in [-0.2, 0) is 4.79 Å². The van der Waals surface area contributed by atoms with Gasteiger partial charge in [0.1, 0.15) is 0 Å². The molecular formula is C13H16Cl2N2O2. The van der Waals surface area contributed by atoms with Gasteiger partial charge in [0.05, 0.1) is 18.1 Å². The monoisotopic (exact) mass is 302 g/mol. The highest BCUT2D eigenvalue weighted by Gasteiger charge is 2.15. The highest BCUT2D eigenvalue weighted by molar-refractivity contribution is 6.36. The van der Waals surface area contributed by atoms with Gasteiger partial charge in [-0.3, -0.25) is 14.5 Å². The molecule has 0 atom stereocenters. The minimum absolute atomic E-state index is 0.0579. The Bertz CT molecular complexity index is 490. The Labute approximate surface area is 122 Å². The Balaban J connectivity index is 2.66. The van der Waals surface area contributed by atoms with E-state index in [0.717, 1.165) is 0 Å². The van der Waals surface area contributed by atoms with Crippen molar-refractivity contribution in [3.8, 4) is 0 Å². The number of hydrogen-bond acceptors (Lipinski definition) is 3. The van der Waals surface area contributed by atoms with E-state index in [2.05, 4.69) is 0 Å². The first-order chi connectivity index (χ1) is 8.81. The maximum atomic E-state index is 12.0. The van der Waals surface area contributed by atoms with Crippen molar-refractivity contribution in [1.29, 1.82) is 0 Å². The third-order valence-corrected chi connectivity index (χ3v) is 3.10. The van der Waals surface area contributed by atoms with Crippen LogP contribution in [0.2, 0.25) is 10.0 Å². The maximum Gasteiger partial charge on any atom is 0.236 e. The third kappa shape index (κ3) is 4.82. The Hall–Kier alpha value is -1.10. The minimum Gasteiger partial charge on any atom is -0.348 e. The fraction of sp³-hybridized carbons (Fsp3) is 0.385. The molecule has 0 aromatic heterocycles. The number of carbonyl (C=O) groups is 2. The molecule has 0 aliphatic carbocycles. The van der Waals surface area contributed by atoms with E-state index in [9.17, 15) is 9.59 Å². The zero-order chi connectivity index (χ0) is 14.6. The molecule has 0 saturated carbocycles. The van der Waals surface area contributed by atoms with Gasteiger partial charge in [0.25, 0.3) is 0 Å². The van der Waals surface area contributed by atoms with E-state index in [1.165, 1.54) is 11.0 Å². The molecule has 1 aromatic rings. The highest BCUT2D eigenvalue weighted by Crippen LogP contribution is 2.21. The summed E-state index contributed by atoms with van der Waals surface area (Å²) in [7, 11) is 5.06. The molecular weight excluding hydrogens is 287 g/mol. The van der Waals surface area contributed by atoms with E-state index >= 15 is 0 Å². The molecule has 0 saturated heterocycles. The molecule has 1 rings (SSSR count). The number of carbonyl (C=O) groups excluding carboxylic acids is 2. The predicted octanol–water partition coefficient (Wildman–Crippen LogP) is 2.20. The molecule has 0 unspecified atom stereocenters. The molecule has 104 valence electrons. The van der Waals surface area contributed by atoms with Crippen LogP contribution in [0.1, 0.15) is 10.4 Å². The topological polar surface area (TPSA) is 40.6 Å². The van der Waals surface area contributed by atoms with E-state index in [1.807, 2.05) is 0 Å². The van der Waals surface area contributed by atoms with Gasteiger partial charge in [-0.2, -0.15) is 0 Å². The van der Waals surface area contributed by atoms with Crippen LogP contribution in [0.25, 0.3) is 0 Å². The summed E-state index contributed by atoms with van der Waals surface area (Å²) in [5.74, 6) is -0.201. The molecule has 0 spiro atoms. The lowest BCUT2D eigenvalue weighted by molar-refractivity contribution is -0.129. The zero-order valence-electron chi connectivity index (χ0n) is 11.1. The second kappa shape index (κ2) is 6.89. The van der Waals surface area contributed by atoms with Gasteiger partial charge in [-0.25, -0.2) is 0 Å². The van der Waals surface area contributed by atoms with Crippen LogP contribution < -0.4 is 0 Å². The van der Waals surface area contributed by atoms with Crippen molar-refractivity contribution < 1.29 is 9.59 Å². The number of hydrogen-bond donors (Lipinski definition) is 0. The van der Waals surface area contributed by atoms with Crippen LogP contribution in [0, 0.1) is 0 Å². The van der Waals surface area contributed by atoms with Gasteiger partial charge in [0.2, 0.25) is 5.91 Å². The zero-order valence-corrected chi connectivity index (χ0v) is 12.6. The SMILES string of the molecule is CN(CC(=O)c1ccc(Cl)cc1Cl)CC(=O)N(C)C. The average Bonchev–Trinajstić information content (AvgIpc) is 2.27. The molecule has 4 nitrogen and oxygen atoms in total. The molecule has 0 radical (unpaired) electrons. The lowest BCUT2D eigenvalue weighted by Crippen LogP contribution is -2.37. The Morgan fingerprint density at radius 3 is 2.26 bits per heavy atom. The van der Waals surface area contributed by atoms with Crippen molar-refractivity contribution in [2.45, 2.75) is 0 Å². The van der Waals surface area contributed by atoms with Gasteiger partial charge in [-0.15, -0.1) is 0 Å². The number of benzene rings is 1. The van der Waals surface area contributed by atoms with E-state index in [0.29, 0.717) is 15.6 Å². The summed E-state index contributed by atoms with van der Waals surface area (Å²) in [6.07, 6.45) is 0. The van der Waals surface area contributed by atoms with Crippen LogP contribution in [0.4, 0.5) is 0 Å². The summed E-state index contributed by atoms with van der Waals surface area (Å²) in [5.41, 5.74) is 0.412. The van der Waals surface area contributed by atoms with Crippen LogP contribution in [-0.4, -0.2) is 55.7 Å². The predicted molar refractivity (Wildman–Crippen MR) is 77.0 cm³/mol. The average molecular weight is 303 g/mol. The lowest BCUT2D eigenvalue weighted by Gasteiger charge is -2.18. The highest BCUT2D eigenvalue weighted by atomic mass is 35.5. The number of halogens is 2. The number of Topliss-reactive ketones (excluding diaryl/α,β-unsaturated/α-hetero) is 1. The molecule has 1 amide bonds. The molecule has 0 aliphatic heterocycles. The van der Waals surface area contributed by atoms with E-state index in [1.54, 1.807) is 38.2 Å². The first kappa shape index (κ1) is 16.0.